The minimum Gasteiger partial charge on any atom is -0.389 e. The summed E-state index contributed by atoms with van der Waals surface area (Å²) in [4.78, 5) is 31.0. The molecule has 22 heavy (non-hydrogen) atoms. The van der Waals surface area contributed by atoms with Crippen LogP contribution < -0.4 is 10.6 Å². The van der Waals surface area contributed by atoms with Gasteiger partial charge in [0.05, 0.1) is 19.2 Å². The number of fused-ring (bicyclic) bond motifs is 1. The summed E-state index contributed by atoms with van der Waals surface area (Å²) in [7, 11) is 0. The number of carbonyl (C=O) groups is 2. The van der Waals surface area contributed by atoms with Crippen LogP contribution >= 0.6 is 0 Å². The third-order valence-corrected chi connectivity index (χ3v) is 3.30. The molecule has 0 fully saturated rings. The number of aliphatic hydroxyl groups is 1. The first-order chi connectivity index (χ1) is 10.5. The summed E-state index contributed by atoms with van der Waals surface area (Å²) in [5.41, 5.74) is 1.29. The Hall–Kier alpha value is -2.68. The number of hydrogen-bond acceptors (Lipinski definition) is 5. The number of aliphatic hydroxyl groups excluding tert-OH is 1. The Morgan fingerprint density at radius 3 is 3.14 bits per heavy atom. The maximum Gasteiger partial charge on any atom is 0.272 e. The Morgan fingerprint density at radius 2 is 2.41 bits per heavy atom. The number of carbonyl (C=O) groups excluding carboxylic acids is 2. The summed E-state index contributed by atoms with van der Waals surface area (Å²) in [6.07, 6.45) is 0.943. The van der Waals surface area contributed by atoms with Gasteiger partial charge >= 0.3 is 0 Å². The number of amides is 2. The summed E-state index contributed by atoms with van der Waals surface area (Å²) in [6.45, 7) is 2.44. The van der Waals surface area contributed by atoms with Crippen molar-refractivity contribution in [2.24, 2.45) is 0 Å². The fourth-order valence-corrected chi connectivity index (χ4v) is 2.23. The number of aryl methyl sites for hydroxylation is 1. The van der Waals surface area contributed by atoms with E-state index in [1.807, 2.05) is 6.92 Å². The quantitative estimate of drug-likeness (QED) is 0.576. The van der Waals surface area contributed by atoms with Crippen LogP contribution in [-0.4, -0.2) is 49.3 Å². The zero-order valence-corrected chi connectivity index (χ0v) is 12.0. The van der Waals surface area contributed by atoms with E-state index < -0.39 is 12.0 Å². The van der Waals surface area contributed by atoms with Crippen molar-refractivity contribution in [1.82, 2.24) is 30.4 Å². The van der Waals surface area contributed by atoms with Crippen LogP contribution in [0.2, 0.25) is 0 Å². The zero-order valence-electron chi connectivity index (χ0n) is 12.0. The van der Waals surface area contributed by atoms with Crippen LogP contribution in [-0.2, 0) is 13.1 Å². The molecule has 1 aliphatic heterocycles. The van der Waals surface area contributed by atoms with Gasteiger partial charge in [0, 0.05) is 24.5 Å². The molecule has 0 unspecified atom stereocenters. The second kappa shape index (κ2) is 5.60. The van der Waals surface area contributed by atoms with Crippen molar-refractivity contribution in [2.45, 2.75) is 26.1 Å². The zero-order chi connectivity index (χ0) is 15.7. The largest absolute Gasteiger partial charge is 0.389 e. The molecule has 0 saturated carbocycles. The van der Waals surface area contributed by atoms with Crippen molar-refractivity contribution in [3.05, 3.63) is 35.2 Å². The summed E-state index contributed by atoms with van der Waals surface area (Å²) in [5, 5.41) is 19.0. The van der Waals surface area contributed by atoms with Crippen LogP contribution in [0.5, 0.6) is 0 Å². The number of aromatic nitrogens is 4. The minimum atomic E-state index is -0.730. The van der Waals surface area contributed by atoms with Crippen LogP contribution in [0.15, 0.2) is 12.3 Å². The molecule has 0 radical (unpaired) electrons. The summed E-state index contributed by atoms with van der Waals surface area (Å²) in [6, 6.07) is 1.41. The van der Waals surface area contributed by atoms with E-state index in [0.717, 1.165) is 5.69 Å². The number of hydrogen-bond donors (Lipinski definition) is 4. The molecule has 0 aliphatic carbocycles. The van der Waals surface area contributed by atoms with Crippen LogP contribution in [0, 0.1) is 6.92 Å². The predicted octanol–water partition coefficient (Wildman–Crippen LogP) is -1.05. The molecule has 4 N–H and O–H groups in total. The van der Waals surface area contributed by atoms with Crippen molar-refractivity contribution in [3.63, 3.8) is 0 Å². The van der Waals surface area contributed by atoms with Gasteiger partial charge in [-0.2, -0.15) is 5.10 Å². The first-order valence-corrected chi connectivity index (χ1v) is 6.85. The third-order valence-electron chi connectivity index (χ3n) is 3.30. The van der Waals surface area contributed by atoms with E-state index in [-0.39, 0.29) is 36.9 Å². The molecular weight excluding hydrogens is 288 g/mol. The molecule has 2 aromatic rings. The Balaban J connectivity index is 1.72. The molecule has 3 heterocycles. The number of nitrogens with one attached hydrogen (secondary N) is 3. The molecule has 9 nitrogen and oxygen atoms in total. The lowest BCUT2D eigenvalue weighted by Crippen LogP contribution is -2.30. The number of H-pyrrole nitrogens is 1. The third kappa shape index (κ3) is 2.84. The summed E-state index contributed by atoms with van der Waals surface area (Å²) >= 11 is 0. The highest BCUT2D eigenvalue weighted by Gasteiger charge is 2.24. The van der Waals surface area contributed by atoms with Crippen LogP contribution in [0.25, 0.3) is 0 Å². The van der Waals surface area contributed by atoms with E-state index in [4.69, 9.17) is 0 Å². The van der Waals surface area contributed by atoms with E-state index in [9.17, 15) is 14.7 Å². The van der Waals surface area contributed by atoms with Crippen LogP contribution in [0.3, 0.4) is 0 Å². The monoisotopic (exact) mass is 304 g/mol. The Bertz CT molecular complexity index is 719. The molecule has 2 aromatic heterocycles. The Morgan fingerprint density at radius 1 is 1.59 bits per heavy atom. The van der Waals surface area contributed by atoms with Crippen molar-refractivity contribution in [3.8, 4) is 0 Å². The fraction of sp³-hybridized carbons (Fsp3) is 0.385. The van der Waals surface area contributed by atoms with E-state index in [1.54, 1.807) is 6.20 Å². The average molecular weight is 304 g/mol. The van der Waals surface area contributed by atoms with Crippen molar-refractivity contribution < 1.29 is 14.7 Å². The van der Waals surface area contributed by atoms with Gasteiger partial charge in [0.2, 0.25) is 0 Å². The summed E-state index contributed by atoms with van der Waals surface area (Å²) < 4.78 is 1.35. The lowest BCUT2D eigenvalue weighted by atomic mass is 10.3. The lowest BCUT2D eigenvalue weighted by molar-refractivity contribution is 0.0931. The number of imidazole rings is 1. The number of nitrogens with zero attached hydrogens (tertiary/aromatic N) is 3. The van der Waals surface area contributed by atoms with Gasteiger partial charge in [-0.05, 0) is 6.92 Å². The molecule has 0 aromatic carbocycles. The normalized spacial score (nSPS) is 17.5. The topological polar surface area (TPSA) is 125 Å². The van der Waals surface area contributed by atoms with E-state index in [2.05, 4.69) is 25.7 Å². The SMILES string of the molecule is Cc1cnc(CNC(=O)c2cc3n(n2)C[C@H](O)CNC3=O)[nH]1. The van der Waals surface area contributed by atoms with Gasteiger partial charge in [-0.25, -0.2) is 4.98 Å². The number of rotatable bonds is 3. The van der Waals surface area contributed by atoms with Crippen LogP contribution in [0.4, 0.5) is 0 Å². The van der Waals surface area contributed by atoms with Gasteiger partial charge in [0.25, 0.3) is 11.8 Å². The van der Waals surface area contributed by atoms with Gasteiger partial charge in [0.1, 0.15) is 11.5 Å². The first kappa shape index (κ1) is 14.3. The standard InChI is InChI=1S/C13H16N6O3/c1-7-3-14-11(17-7)5-16-12(21)9-2-10-13(22)15-4-8(20)6-19(10)18-9/h2-3,8,20H,4-6H2,1H3,(H,14,17)(H,15,22)(H,16,21)/t8-/m1/s1. The molecule has 3 rings (SSSR count). The molecule has 0 saturated heterocycles. The maximum absolute atomic E-state index is 12.1. The highest BCUT2D eigenvalue weighted by molar-refractivity contribution is 5.98. The maximum atomic E-state index is 12.1. The summed E-state index contributed by atoms with van der Waals surface area (Å²) in [5.74, 6) is -0.124. The fourth-order valence-electron chi connectivity index (χ4n) is 2.23. The number of β-amino-alcohol motifs (C(OH)–C–C–N with tert-alkyl or cyclic N) is 1. The molecule has 1 atom stereocenters. The van der Waals surface area contributed by atoms with Crippen molar-refractivity contribution >= 4 is 11.8 Å². The Kier molecular flexibility index (Phi) is 3.63. The van der Waals surface area contributed by atoms with Gasteiger partial charge in [-0.15, -0.1) is 0 Å². The van der Waals surface area contributed by atoms with Gasteiger partial charge in [-0.1, -0.05) is 0 Å². The first-order valence-electron chi connectivity index (χ1n) is 6.85. The smallest absolute Gasteiger partial charge is 0.272 e. The van der Waals surface area contributed by atoms with Crippen molar-refractivity contribution in [2.75, 3.05) is 6.54 Å². The molecule has 9 heteroatoms. The van der Waals surface area contributed by atoms with Gasteiger partial charge in [0.15, 0.2) is 5.69 Å². The highest BCUT2D eigenvalue weighted by Crippen LogP contribution is 2.09. The molecule has 116 valence electrons. The lowest BCUT2D eigenvalue weighted by Gasteiger charge is -2.06. The van der Waals surface area contributed by atoms with E-state index in [0.29, 0.717) is 5.82 Å². The van der Waals surface area contributed by atoms with Crippen LogP contribution in [0.1, 0.15) is 32.5 Å². The second-order valence-electron chi connectivity index (χ2n) is 5.16. The van der Waals surface area contributed by atoms with Gasteiger partial charge in [-0.3, -0.25) is 14.3 Å². The molecule has 1 aliphatic rings. The number of aromatic amines is 1. The molecule has 0 bridgehead atoms. The molecule has 0 spiro atoms. The van der Waals surface area contributed by atoms with Gasteiger partial charge < -0.3 is 20.7 Å². The molecule has 2 amide bonds. The van der Waals surface area contributed by atoms with Crippen molar-refractivity contribution in [1.29, 1.82) is 0 Å². The average Bonchev–Trinajstić information content (AvgIpc) is 3.06. The molecular formula is C13H16N6O3. The van der Waals surface area contributed by atoms with E-state index in [1.165, 1.54) is 10.7 Å². The minimum absolute atomic E-state index is 0.127. The Labute approximate surface area is 125 Å². The van der Waals surface area contributed by atoms with E-state index >= 15 is 0 Å². The highest BCUT2D eigenvalue weighted by atomic mass is 16.3. The second-order valence-corrected chi connectivity index (χ2v) is 5.16. The predicted molar refractivity (Wildman–Crippen MR) is 75.1 cm³/mol.